The van der Waals surface area contributed by atoms with Crippen molar-refractivity contribution in [3.8, 4) is 56.4 Å². The molecule has 1 heterocycles. The van der Waals surface area contributed by atoms with E-state index in [2.05, 4.69) is 109 Å². The first-order valence-electron chi connectivity index (χ1n) is 19.4. The van der Waals surface area contributed by atoms with Crippen molar-refractivity contribution in [2.45, 2.75) is 12.0 Å². The van der Waals surface area contributed by atoms with Gasteiger partial charge in [0.25, 0.3) is 0 Å². The van der Waals surface area contributed by atoms with Crippen LogP contribution in [0, 0.1) is 0 Å². The summed E-state index contributed by atoms with van der Waals surface area (Å²) in [5, 5.41) is 0. The van der Waals surface area contributed by atoms with Crippen molar-refractivity contribution in [3.63, 3.8) is 0 Å². The molecular weight excluding hydrogens is 717 g/mol. The van der Waals surface area contributed by atoms with E-state index >= 15 is 0 Å². The minimum absolute atomic E-state index is 0.0875. The van der Waals surface area contributed by atoms with Gasteiger partial charge in [-0.3, -0.25) is 0 Å². The van der Waals surface area contributed by atoms with E-state index in [9.17, 15) is 0 Å². The molecule has 8 heteroatoms. The molecule has 294 valence electrons. The van der Waals surface area contributed by atoms with Crippen LogP contribution in [0.5, 0.6) is 23.0 Å². The van der Waals surface area contributed by atoms with Crippen LogP contribution in [0.2, 0.25) is 0 Å². The maximum Gasteiger partial charge on any atom is 0.123 e. The van der Waals surface area contributed by atoms with Crippen molar-refractivity contribution >= 4 is 0 Å². The first kappa shape index (κ1) is 39.6. The smallest absolute Gasteiger partial charge is 0.123 e. The highest BCUT2D eigenvalue weighted by atomic mass is 16.6. The normalized spacial score (nSPS) is 13.8. The van der Waals surface area contributed by atoms with Crippen LogP contribution in [-0.2, 0) is 18.9 Å². The number of hydrogen-bond acceptors (Lipinski definition) is 8. The average Bonchev–Trinajstić information content (AvgIpc) is 4.10. The van der Waals surface area contributed by atoms with Crippen LogP contribution >= 0.6 is 0 Å². The van der Waals surface area contributed by atoms with Crippen molar-refractivity contribution < 1.29 is 37.9 Å². The van der Waals surface area contributed by atoms with E-state index < -0.39 is 0 Å². The summed E-state index contributed by atoms with van der Waals surface area (Å²) in [7, 11) is 5.02. The van der Waals surface area contributed by atoms with Gasteiger partial charge in [-0.05, 0) is 87.5 Å². The molecule has 0 aromatic heterocycles. The molecule has 1 fully saturated rings. The van der Waals surface area contributed by atoms with Crippen molar-refractivity contribution in [2.75, 3.05) is 74.2 Å². The number of hydrogen-bond donors (Lipinski definition) is 0. The van der Waals surface area contributed by atoms with Crippen LogP contribution < -0.4 is 18.9 Å². The summed E-state index contributed by atoms with van der Waals surface area (Å²) in [5.74, 6) is 2.86. The molecule has 2 atom stereocenters. The zero-order valence-electron chi connectivity index (χ0n) is 32.9. The van der Waals surface area contributed by atoms with Crippen LogP contribution in [0.1, 0.15) is 22.6 Å². The molecule has 1 saturated heterocycles. The Morgan fingerprint density at radius 1 is 0.456 bits per heavy atom. The molecule has 0 spiro atoms. The van der Waals surface area contributed by atoms with E-state index in [0.717, 1.165) is 73.1 Å². The van der Waals surface area contributed by atoms with Gasteiger partial charge < -0.3 is 37.9 Å². The molecule has 0 radical (unpaired) electrons. The summed E-state index contributed by atoms with van der Waals surface area (Å²) in [6, 6.07) is 48.5. The lowest BCUT2D eigenvalue weighted by Crippen LogP contribution is -2.13. The van der Waals surface area contributed by atoms with Crippen LogP contribution in [0.4, 0.5) is 0 Å². The lowest BCUT2D eigenvalue weighted by Gasteiger charge is -2.26. The number of benzene rings is 6. The van der Waals surface area contributed by atoms with E-state index in [4.69, 9.17) is 37.9 Å². The molecular formula is C49H50O8. The highest BCUT2D eigenvalue weighted by Crippen LogP contribution is 2.45. The average molecular weight is 767 g/mol. The molecule has 1 aliphatic rings. The molecule has 0 amide bonds. The van der Waals surface area contributed by atoms with Gasteiger partial charge >= 0.3 is 0 Å². The molecule has 7 rings (SSSR count). The third-order valence-corrected chi connectivity index (χ3v) is 9.85. The van der Waals surface area contributed by atoms with E-state index in [1.165, 1.54) is 0 Å². The monoisotopic (exact) mass is 766 g/mol. The van der Waals surface area contributed by atoms with Gasteiger partial charge in [0, 0.05) is 38.4 Å². The van der Waals surface area contributed by atoms with Crippen molar-refractivity contribution in [1.29, 1.82) is 0 Å². The minimum Gasteiger partial charge on any atom is -0.491 e. The molecule has 8 nitrogen and oxygen atoms in total. The number of epoxide rings is 1. The maximum absolute atomic E-state index is 6.61. The van der Waals surface area contributed by atoms with E-state index in [-0.39, 0.29) is 12.0 Å². The standard InChI is InChI=1S/C49H50O8/c1-50-25-28-53-42-19-13-37(14-20-42)40-17-23-47(55-30-27-52-3)45(31-40)49(39-11-9-36(10-12-39)35-7-5-4-6-8-35)46-32-41(18-24-48(46)57-34-44-33-56-44)38-15-21-43(22-16-38)54-29-26-51-2/h4-24,31-32,44,49H,25-30,33-34H2,1-3H3. The fraction of sp³-hybridized carbons (Fsp3) is 0.265. The Kier molecular flexibility index (Phi) is 13.9. The summed E-state index contributed by atoms with van der Waals surface area (Å²) in [5.41, 5.74) is 9.62. The topological polar surface area (TPSA) is 77.1 Å². The molecule has 6 aromatic carbocycles. The lowest BCUT2D eigenvalue weighted by atomic mass is 9.81. The van der Waals surface area contributed by atoms with Crippen molar-refractivity contribution in [1.82, 2.24) is 0 Å². The Hall–Kier alpha value is -5.64. The largest absolute Gasteiger partial charge is 0.491 e. The fourth-order valence-corrected chi connectivity index (χ4v) is 6.75. The molecule has 2 unspecified atom stereocenters. The summed E-state index contributed by atoms with van der Waals surface area (Å²) in [6.45, 7) is 4.05. The van der Waals surface area contributed by atoms with Crippen molar-refractivity contribution in [3.05, 3.63) is 156 Å². The first-order valence-corrected chi connectivity index (χ1v) is 19.4. The SMILES string of the molecule is COCCOc1ccc(-c2ccc(OCCOC)c(C(c3ccc(-c4ccccc4)cc3)c3cc(-c4ccc(OCCOC)cc4)ccc3OCC3CO3)c2)cc1. The molecule has 57 heavy (non-hydrogen) atoms. The zero-order valence-corrected chi connectivity index (χ0v) is 32.9. The van der Waals surface area contributed by atoms with Crippen LogP contribution in [0.3, 0.4) is 0 Å². The Labute approximate surface area is 335 Å². The first-order chi connectivity index (χ1) is 28.1. The summed E-state index contributed by atoms with van der Waals surface area (Å²) in [4.78, 5) is 0. The fourth-order valence-electron chi connectivity index (χ4n) is 6.75. The second-order valence-corrected chi connectivity index (χ2v) is 13.8. The highest BCUT2D eigenvalue weighted by molar-refractivity contribution is 5.72. The van der Waals surface area contributed by atoms with Gasteiger partial charge in [0.1, 0.15) is 55.5 Å². The second kappa shape index (κ2) is 20.0. The predicted molar refractivity (Wildman–Crippen MR) is 224 cm³/mol. The van der Waals surface area contributed by atoms with Gasteiger partial charge in [-0.15, -0.1) is 0 Å². The third kappa shape index (κ3) is 10.6. The molecule has 0 N–H and O–H groups in total. The van der Waals surface area contributed by atoms with Gasteiger partial charge in [0.2, 0.25) is 0 Å². The predicted octanol–water partition coefficient (Wildman–Crippen LogP) is 9.72. The second-order valence-electron chi connectivity index (χ2n) is 13.8. The van der Waals surface area contributed by atoms with Gasteiger partial charge in [-0.2, -0.15) is 0 Å². The Morgan fingerprint density at radius 2 is 0.877 bits per heavy atom. The summed E-state index contributed by atoms with van der Waals surface area (Å²) in [6.07, 6.45) is 0.0875. The van der Waals surface area contributed by atoms with Gasteiger partial charge in [0.05, 0.1) is 26.4 Å². The van der Waals surface area contributed by atoms with Gasteiger partial charge in [0.15, 0.2) is 0 Å². The Bertz CT molecular complexity index is 2130. The van der Waals surface area contributed by atoms with E-state index in [1.54, 1.807) is 21.3 Å². The summed E-state index contributed by atoms with van der Waals surface area (Å²) < 4.78 is 46.2. The highest BCUT2D eigenvalue weighted by Gasteiger charge is 2.28. The van der Waals surface area contributed by atoms with Gasteiger partial charge in [-0.1, -0.05) is 91.0 Å². The number of methoxy groups -OCH3 is 3. The van der Waals surface area contributed by atoms with E-state index in [1.807, 2.05) is 30.3 Å². The maximum atomic E-state index is 6.61. The third-order valence-electron chi connectivity index (χ3n) is 9.85. The molecule has 6 aromatic rings. The molecule has 1 aliphatic heterocycles. The van der Waals surface area contributed by atoms with Gasteiger partial charge in [-0.25, -0.2) is 0 Å². The number of ether oxygens (including phenoxy) is 8. The molecule has 0 saturated carbocycles. The number of rotatable bonds is 21. The zero-order chi connectivity index (χ0) is 39.2. The van der Waals surface area contributed by atoms with E-state index in [0.29, 0.717) is 52.9 Å². The molecule has 0 aliphatic carbocycles. The molecule has 0 bridgehead atoms. The quantitative estimate of drug-likeness (QED) is 0.0408. The van der Waals surface area contributed by atoms with Crippen LogP contribution in [0.15, 0.2) is 140 Å². The Balaban J connectivity index is 1.36. The van der Waals surface area contributed by atoms with Crippen molar-refractivity contribution in [2.24, 2.45) is 0 Å². The minimum atomic E-state index is -0.282. The lowest BCUT2D eigenvalue weighted by molar-refractivity contribution is 0.145. The summed E-state index contributed by atoms with van der Waals surface area (Å²) >= 11 is 0. The Morgan fingerprint density at radius 3 is 1.37 bits per heavy atom. The van der Waals surface area contributed by atoms with Crippen LogP contribution in [0.25, 0.3) is 33.4 Å². The van der Waals surface area contributed by atoms with Crippen LogP contribution in [-0.4, -0.2) is 80.3 Å².